The Morgan fingerprint density at radius 2 is 2.38 bits per heavy atom. The molecule has 0 aliphatic carbocycles. The minimum Gasteiger partial charge on any atom is -0.441 e. The fourth-order valence-corrected chi connectivity index (χ4v) is 0.889. The van der Waals surface area contributed by atoms with Crippen molar-refractivity contribution in [1.29, 1.82) is 5.26 Å². The fourth-order valence-electron chi connectivity index (χ4n) is 0.664. The highest BCUT2D eigenvalue weighted by Gasteiger charge is 2.20. The maximum absolute atomic E-state index is 12.7. The van der Waals surface area contributed by atoms with Gasteiger partial charge in [-0.05, 0) is 33.0 Å². The van der Waals surface area contributed by atoms with E-state index in [1.165, 1.54) is 18.3 Å². The smallest absolute Gasteiger partial charge is 0.338 e. The lowest BCUT2D eigenvalue weighted by molar-refractivity contribution is 0.110. The van der Waals surface area contributed by atoms with Gasteiger partial charge in [0.25, 0.3) is 0 Å². The van der Waals surface area contributed by atoms with Crippen LogP contribution in [0.25, 0.3) is 0 Å². The van der Waals surface area contributed by atoms with Crippen molar-refractivity contribution in [2.45, 2.75) is 5.06 Å². The van der Waals surface area contributed by atoms with E-state index in [1.807, 2.05) is 6.07 Å². The average molecular weight is 219 g/mol. The van der Waals surface area contributed by atoms with E-state index in [0.29, 0.717) is 0 Å². The Balaban J connectivity index is 2.77. The second kappa shape index (κ2) is 3.87. The van der Waals surface area contributed by atoms with Crippen LogP contribution in [0.2, 0.25) is 0 Å². The number of halogens is 2. The number of aromatic nitrogens is 1. The van der Waals surface area contributed by atoms with E-state index >= 15 is 0 Å². The summed E-state index contributed by atoms with van der Waals surface area (Å²) in [5, 5.41) is 6.07. The summed E-state index contributed by atoms with van der Waals surface area (Å²) in [5.74, 6) is 0.159. The summed E-state index contributed by atoms with van der Waals surface area (Å²) in [7, 11) is 1.67. The molecule has 6 heteroatoms. The largest absolute Gasteiger partial charge is 0.441 e. The molecule has 0 aliphatic rings. The Labute approximate surface area is 81.7 Å². The van der Waals surface area contributed by atoms with Crippen LogP contribution in [0.15, 0.2) is 18.3 Å². The summed E-state index contributed by atoms with van der Waals surface area (Å²) in [6.07, 6.45) is 1.22. The van der Waals surface area contributed by atoms with Gasteiger partial charge in [-0.3, -0.25) is 0 Å². The van der Waals surface area contributed by atoms with Crippen molar-refractivity contribution in [3.05, 3.63) is 24.0 Å². The second-order valence-corrected chi connectivity index (χ2v) is 3.78. The molecule has 1 rings (SSSR count). The van der Waals surface area contributed by atoms with Gasteiger partial charge in [0.05, 0.1) is 6.20 Å². The van der Waals surface area contributed by atoms with Gasteiger partial charge in [0, 0.05) is 0 Å². The van der Waals surface area contributed by atoms with E-state index in [1.54, 1.807) is 9.24 Å². The van der Waals surface area contributed by atoms with Crippen LogP contribution in [0.3, 0.4) is 0 Å². The number of pyridine rings is 1. The molecule has 2 atom stereocenters. The van der Waals surface area contributed by atoms with Crippen LogP contribution in [0, 0.1) is 11.3 Å². The lowest BCUT2D eigenvalue weighted by Crippen LogP contribution is -2.13. The van der Waals surface area contributed by atoms with E-state index in [2.05, 4.69) is 9.72 Å². The molecule has 0 spiro atoms. The summed E-state index contributed by atoms with van der Waals surface area (Å²) in [6, 6.07) is 4.63. The topological polar surface area (TPSA) is 45.9 Å². The van der Waals surface area contributed by atoms with Gasteiger partial charge in [-0.15, -0.1) is 0 Å². The van der Waals surface area contributed by atoms with E-state index in [4.69, 9.17) is 16.9 Å². The molecule has 1 aromatic heterocycles. The first-order valence-corrected chi connectivity index (χ1v) is 4.18. The summed E-state index contributed by atoms with van der Waals surface area (Å²) in [6.45, 7) is 0. The summed E-state index contributed by atoms with van der Waals surface area (Å²) >= 11 is 5.12. The zero-order valence-electron chi connectivity index (χ0n) is 6.37. The van der Waals surface area contributed by atoms with Gasteiger partial charge in [-0.25, -0.2) is 4.98 Å². The molecule has 1 aromatic rings. The monoisotopic (exact) mass is 218 g/mol. The lowest BCUT2D eigenvalue weighted by atomic mass is 10.4. The van der Waals surface area contributed by atoms with Crippen LogP contribution in [0.5, 0.6) is 5.75 Å². The fraction of sp³-hybridized carbons (Fsp3) is 0.143. The molecule has 0 saturated heterocycles. The van der Waals surface area contributed by atoms with Crippen molar-refractivity contribution < 1.29 is 9.13 Å². The molecule has 0 aliphatic heterocycles. The van der Waals surface area contributed by atoms with Gasteiger partial charge in [-0.1, -0.05) is 0 Å². The van der Waals surface area contributed by atoms with Crippen LogP contribution in [0.4, 0.5) is 4.39 Å². The van der Waals surface area contributed by atoms with Crippen molar-refractivity contribution in [2.24, 2.45) is 0 Å². The number of alkyl halides is 2. The van der Waals surface area contributed by atoms with Crippen LogP contribution >= 0.6 is 20.8 Å². The molecular weight excluding hydrogens is 214 g/mol. The summed E-state index contributed by atoms with van der Waals surface area (Å²) in [4.78, 5) is 3.66. The van der Waals surface area contributed by atoms with Crippen molar-refractivity contribution in [3.63, 3.8) is 0 Å². The summed E-state index contributed by atoms with van der Waals surface area (Å²) < 4.78 is 17.3. The quantitative estimate of drug-likeness (QED) is 0.564. The first-order chi connectivity index (χ1) is 6.01. The number of nitriles is 1. The van der Waals surface area contributed by atoms with E-state index in [0.717, 1.165) is 0 Å². The molecule has 0 saturated carbocycles. The van der Waals surface area contributed by atoms with Gasteiger partial charge in [0.15, 0.2) is 0 Å². The first kappa shape index (κ1) is 10.2. The zero-order valence-corrected chi connectivity index (χ0v) is 8.28. The van der Waals surface area contributed by atoms with E-state index < -0.39 is 5.06 Å². The Kier molecular flexibility index (Phi) is 3.02. The van der Waals surface area contributed by atoms with Crippen molar-refractivity contribution in [2.75, 3.05) is 0 Å². The SMILES string of the molecule is N#Cc1ccc(OC(F)(P)Cl)cn1. The van der Waals surface area contributed by atoms with Crippen LogP contribution in [-0.2, 0) is 0 Å². The average Bonchev–Trinajstić information content (AvgIpc) is 2.03. The third kappa shape index (κ3) is 3.54. The highest BCUT2D eigenvalue weighted by atomic mass is 35.5. The molecule has 2 unspecified atom stereocenters. The van der Waals surface area contributed by atoms with Gasteiger partial charge >= 0.3 is 5.06 Å². The predicted octanol–water partition coefficient (Wildman–Crippen LogP) is 2.03. The van der Waals surface area contributed by atoms with Crippen molar-refractivity contribution in [3.8, 4) is 11.8 Å². The molecule has 0 bridgehead atoms. The van der Waals surface area contributed by atoms with Gasteiger partial charge in [0.2, 0.25) is 0 Å². The Bertz CT molecular complexity index is 330. The Morgan fingerprint density at radius 1 is 1.69 bits per heavy atom. The molecule has 0 aromatic carbocycles. The first-order valence-electron chi connectivity index (χ1n) is 3.23. The Hall–Kier alpha value is -0.910. The number of ether oxygens (including phenoxy) is 1. The predicted molar refractivity (Wildman–Crippen MR) is 49.0 cm³/mol. The second-order valence-electron chi connectivity index (χ2n) is 2.15. The normalized spacial score (nSPS) is 14.3. The van der Waals surface area contributed by atoms with E-state index in [-0.39, 0.29) is 11.4 Å². The molecule has 13 heavy (non-hydrogen) atoms. The van der Waals surface area contributed by atoms with Crippen LogP contribution in [0.1, 0.15) is 5.69 Å². The molecule has 0 fully saturated rings. The molecule has 68 valence electrons. The van der Waals surface area contributed by atoms with Crippen molar-refractivity contribution >= 4 is 20.8 Å². The van der Waals surface area contributed by atoms with Crippen LogP contribution < -0.4 is 4.74 Å². The third-order valence-electron chi connectivity index (χ3n) is 1.10. The molecule has 0 radical (unpaired) electrons. The summed E-state index contributed by atoms with van der Waals surface area (Å²) in [5.41, 5.74) is 0.232. The number of rotatable bonds is 2. The molecule has 0 amide bonds. The number of hydrogen-bond acceptors (Lipinski definition) is 3. The molecule has 3 nitrogen and oxygen atoms in total. The van der Waals surface area contributed by atoms with Crippen molar-refractivity contribution in [1.82, 2.24) is 4.98 Å². The standard InChI is InChI=1S/C7H5ClFN2OP/c8-7(9,13)12-6-2-1-5(3-10)11-4-6/h1-2,4H,13H2. The third-order valence-corrected chi connectivity index (χ3v) is 1.30. The highest BCUT2D eigenvalue weighted by molar-refractivity contribution is 7.21. The highest BCUT2D eigenvalue weighted by Crippen LogP contribution is 2.28. The maximum atomic E-state index is 12.7. The minimum atomic E-state index is -2.34. The van der Waals surface area contributed by atoms with E-state index in [9.17, 15) is 4.39 Å². The lowest BCUT2D eigenvalue weighted by Gasteiger charge is -2.13. The maximum Gasteiger partial charge on any atom is 0.338 e. The van der Waals surface area contributed by atoms with Gasteiger partial charge in [0.1, 0.15) is 17.5 Å². The molecular formula is C7H5ClFN2OP. The number of hydrogen-bond donors (Lipinski definition) is 0. The van der Waals surface area contributed by atoms with Crippen LogP contribution in [-0.4, -0.2) is 10.0 Å². The Morgan fingerprint density at radius 3 is 2.77 bits per heavy atom. The molecule has 0 N–H and O–H groups in total. The van der Waals surface area contributed by atoms with Gasteiger partial charge < -0.3 is 4.74 Å². The van der Waals surface area contributed by atoms with Gasteiger partial charge in [-0.2, -0.15) is 9.65 Å². The minimum absolute atomic E-state index is 0.159. The number of nitrogens with zero attached hydrogens (tertiary/aromatic N) is 2. The zero-order chi connectivity index (χ0) is 9.90. The molecule has 1 heterocycles.